The molecule has 1 unspecified atom stereocenters. The highest BCUT2D eigenvalue weighted by atomic mass is 79.9. The van der Waals surface area contributed by atoms with Gasteiger partial charge in [0, 0.05) is 30.5 Å². The Bertz CT molecular complexity index is 955. The van der Waals surface area contributed by atoms with E-state index < -0.39 is 44.7 Å². The Kier molecular flexibility index (Phi) is 10.1. The van der Waals surface area contributed by atoms with E-state index in [0.29, 0.717) is 12.0 Å². The van der Waals surface area contributed by atoms with Crippen LogP contribution in [0.15, 0.2) is 46.9 Å². The standard InChI is InChI=1S/C20H20BrNO9P/c1-13(23)28-11-30-20(32(27)31-12-29-14(2)24)19-10-18(22(25)26)8-5-16(19)9-15-3-6-17(21)7-4-15/h3-8,10,20H,9,11-12H2,1-2H3/q-1/t20-,32?/m0/s1. The van der Waals surface area contributed by atoms with E-state index >= 15 is 0 Å². The van der Waals surface area contributed by atoms with Gasteiger partial charge in [0.25, 0.3) is 5.69 Å². The molecule has 2 aromatic carbocycles. The summed E-state index contributed by atoms with van der Waals surface area (Å²) < 4.78 is 20.8. The molecule has 2 rings (SSSR count). The van der Waals surface area contributed by atoms with Crippen molar-refractivity contribution in [2.75, 3.05) is 13.6 Å². The van der Waals surface area contributed by atoms with Crippen molar-refractivity contribution in [3.8, 4) is 0 Å². The van der Waals surface area contributed by atoms with Crippen LogP contribution < -0.4 is 4.89 Å². The van der Waals surface area contributed by atoms with Crippen molar-refractivity contribution in [3.05, 3.63) is 73.7 Å². The smallest absolute Gasteiger partial charge is 0.304 e. The summed E-state index contributed by atoms with van der Waals surface area (Å²) in [5.74, 6) is -2.60. The molecule has 0 heterocycles. The van der Waals surface area contributed by atoms with Gasteiger partial charge in [0.1, 0.15) is 5.85 Å². The van der Waals surface area contributed by atoms with Crippen LogP contribution in [0.4, 0.5) is 5.69 Å². The lowest BCUT2D eigenvalue weighted by Gasteiger charge is -2.32. The van der Waals surface area contributed by atoms with Crippen LogP contribution in [0.2, 0.25) is 0 Å². The number of ether oxygens (including phenoxy) is 3. The Morgan fingerprint density at radius 1 is 1.06 bits per heavy atom. The third-order valence-corrected chi connectivity index (χ3v) is 5.73. The van der Waals surface area contributed by atoms with E-state index in [0.717, 1.165) is 17.0 Å². The fourth-order valence-corrected chi connectivity index (χ4v) is 3.79. The number of hydrogen-bond acceptors (Lipinski definition) is 9. The van der Waals surface area contributed by atoms with Crippen LogP contribution in [0.3, 0.4) is 0 Å². The highest BCUT2D eigenvalue weighted by molar-refractivity contribution is 9.10. The molecule has 0 fully saturated rings. The Hall–Kier alpha value is -2.43. The maximum Gasteiger partial charge on any atom is 0.304 e. The van der Waals surface area contributed by atoms with Crippen molar-refractivity contribution in [1.29, 1.82) is 0 Å². The first kappa shape index (κ1) is 25.8. The average molecular weight is 529 g/mol. The quantitative estimate of drug-likeness (QED) is 0.140. The summed E-state index contributed by atoms with van der Waals surface area (Å²) in [5.41, 5.74) is 1.45. The van der Waals surface area contributed by atoms with Gasteiger partial charge in [-0.15, -0.1) is 0 Å². The number of nitrogens with zero attached hydrogens (tertiary/aromatic N) is 1. The average Bonchev–Trinajstić information content (AvgIpc) is 2.72. The fraction of sp³-hybridized carbons (Fsp3) is 0.300. The molecular formula is C20H20BrNO9P-. The molecule has 0 N–H and O–H groups in total. The highest BCUT2D eigenvalue weighted by Crippen LogP contribution is 2.48. The van der Waals surface area contributed by atoms with Crippen molar-refractivity contribution in [2.45, 2.75) is 26.1 Å². The van der Waals surface area contributed by atoms with Crippen LogP contribution in [0.1, 0.15) is 36.4 Å². The van der Waals surface area contributed by atoms with Crippen LogP contribution >= 0.6 is 24.3 Å². The monoisotopic (exact) mass is 528 g/mol. The Morgan fingerprint density at radius 2 is 1.69 bits per heavy atom. The van der Waals surface area contributed by atoms with Gasteiger partial charge in [-0.05, 0) is 43.6 Å². The molecule has 0 bridgehead atoms. The molecule has 0 saturated heterocycles. The second-order valence-corrected chi connectivity index (χ2v) is 8.60. The maximum absolute atomic E-state index is 12.8. The summed E-state index contributed by atoms with van der Waals surface area (Å²) in [5, 5.41) is 11.3. The molecule has 0 spiro atoms. The lowest BCUT2D eigenvalue weighted by atomic mass is 9.99. The molecule has 32 heavy (non-hydrogen) atoms. The van der Waals surface area contributed by atoms with Crippen molar-refractivity contribution >= 4 is 41.9 Å². The van der Waals surface area contributed by atoms with E-state index in [-0.39, 0.29) is 11.3 Å². The summed E-state index contributed by atoms with van der Waals surface area (Å²) in [6.07, 6.45) is 0.348. The molecule has 0 amide bonds. The normalized spacial score (nSPS) is 12.6. The molecule has 172 valence electrons. The third-order valence-electron chi connectivity index (χ3n) is 4.04. The predicted molar refractivity (Wildman–Crippen MR) is 115 cm³/mol. The maximum atomic E-state index is 12.8. The van der Waals surface area contributed by atoms with Crippen molar-refractivity contribution in [1.82, 2.24) is 0 Å². The number of benzene rings is 2. The zero-order valence-electron chi connectivity index (χ0n) is 17.2. The molecule has 0 saturated carbocycles. The lowest BCUT2D eigenvalue weighted by molar-refractivity contribution is -0.385. The number of carbonyl (C=O) groups is 2. The number of esters is 2. The SMILES string of the molecule is CC(=O)OCO[C@H](c1cc([N+](=O)[O-])ccc1Cc1ccc(Br)cc1)P([O-])OCOC(C)=O. The Morgan fingerprint density at radius 3 is 2.28 bits per heavy atom. The lowest BCUT2D eigenvalue weighted by Crippen LogP contribution is -2.18. The summed E-state index contributed by atoms with van der Waals surface area (Å²) in [7, 11) is -2.68. The topological polar surface area (TPSA) is 137 Å². The zero-order valence-corrected chi connectivity index (χ0v) is 19.7. The minimum Gasteiger partial charge on any atom is -0.806 e. The van der Waals surface area contributed by atoms with Crippen molar-refractivity contribution in [2.24, 2.45) is 0 Å². The van der Waals surface area contributed by atoms with E-state index in [9.17, 15) is 24.6 Å². The van der Waals surface area contributed by atoms with Gasteiger partial charge >= 0.3 is 11.9 Å². The molecule has 12 heteroatoms. The molecule has 2 atom stereocenters. The van der Waals surface area contributed by atoms with E-state index in [1.807, 2.05) is 24.3 Å². The van der Waals surface area contributed by atoms with Crippen LogP contribution in [0.5, 0.6) is 0 Å². The summed E-state index contributed by atoms with van der Waals surface area (Å²) in [6, 6.07) is 11.5. The Labute approximate surface area is 193 Å². The van der Waals surface area contributed by atoms with Crippen LogP contribution in [-0.4, -0.2) is 30.4 Å². The highest BCUT2D eigenvalue weighted by Gasteiger charge is 2.24. The van der Waals surface area contributed by atoms with Crippen LogP contribution in [0.25, 0.3) is 0 Å². The van der Waals surface area contributed by atoms with E-state index in [4.69, 9.17) is 14.0 Å². The Balaban J connectivity index is 2.40. The zero-order chi connectivity index (χ0) is 23.7. The predicted octanol–water partition coefficient (Wildman–Crippen LogP) is 3.69. The van der Waals surface area contributed by atoms with Gasteiger partial charge in [0.15, 0.2) is 13.6 Å². The first-order valence-electron chi connectivity index (χ1n) is 9.16. The van der Waals surface area contributed by atoms with Gasteiger partial charge in [-0.25, -0.2) is 0 Å². The van der Waals surface area contributed by atoms with Crippen LogP contribution in [-0.2, 0) is 34.7 Å². The van der Waals surface area contributed by atoms with Gasteiger partial charge in [0.05, 0.1) is 4.92 Å². The summed E-state index contributed by atoms with van der Waals surface area (Å²) >= 11 is 3.36. The molecule has 10 nitrogen and oxygen atoms in total. The first-order chi connectivity index (χ1) is 15.2. The molecular weight excluding hydrogens is 509 g/mol. The first-order valence-corrected chi connectivity index (χ1v) is 11.2. The molecule has 0 aromatic heterocycles. The van der Waals surface area contributed by atoms with Crippen molar-refractivity contribution in [3.63, 3.8) is 0 Å². The minimum atomic E-state index is -2.68. The van der Waals surface area contributed by atoms with Gasteiger partial charge in [-0.2, -0.15) is 0 Å². The molecule has 0 radical (unpaired) electrons. The number of hydrogen-bond donors (Lipinski definition) is 0. The second-order valence-electron chi connectivity index (χ2n) is 6.38. The van der Waals surface area contributed by atoms with E-state index in [1.54, 1.807) is 0 Å². The van der Waals surface area contributed by atoms with Crippen LogP contribution in [0, 0.1) is 10.1 Å². The molecule has 0 aliphatic carbocycles. The van der Waals surface area contributed by atoms with Gasteiger partial charge in [-0.3, -0.25) is 19.7 Å². The van der Waals surface area contributed by atoms with Gasteiger partial charge in [-0.1, -0.05) is 34.1 Å². The summed E-state index contributed by atoms with van der Waals surface area (Å²) in [6.45, 7) is 1.16. The number of nitro benzene ring substituents is 1. The van der Waals surface area contributed by atoms with E-state index in [2.05, 4.69) is 20.7 Å². The van der Waals surface area contributed by atoms with Gasteiger partial charge < -0.3 is 23.6 Å². The third kappa shape index (κ3) is 8.25. The second kappa shape index (κ2) is 12.6. The molecule has 0 aliphatic heterocycles. The molecule has 0 aliphatic rings. The van der Waals surface area contributed by atoms with Gasteiger partial charge in [0.2, 0.25) is 0 Å². The van der Waals surface area contributed by atoms with E-state index in [1.165, 1.54) is 25.1 Å². The minimum absolute atomic E-state index is 0.221. The molecule has 2 aromatic rings. The number of rotatable bonds is 11. The summed E-state index contributed by atoms with van der Waals surface area (Å²) in [4.78, 5) is 45.6. The number of non-ortho nitro benzene ring substituents is 1. The number of halogens is 1. The fourth-order valence-electron chi connectivity index (χ4n) is 2.58. The van der Waals surface area contributed by atoms with Crippen molar-refractivity contribution < 1.29 is 38.1 Å². The number of carbonyl (C=O) groups excluding carboxylic acids is 2. The number of nitro groups is 1. The largest absolute Gasteiger partial charge is 0.806 e.